The van der Waals surface area contributed by atoms with E-state index in [9.17, 15) is 0 Å². The summed E-state index contributed by atoms with van der Waals surface area (Å²) in [5.74, 6) is 0.849. The number of benzene rings is 2. The second-order valence-electron chi connectivity index (χ2n) is 4.17. The zero-order valence-corrected chi connectivity index (χ0v) is 11.3. The number of halogens is 1. The maximum atomic E-state index is 6.10. The Kier molecular flexibility index (Phi) is 4.11. The van der Waals surface area contributed by atoms with Crippen molar-refractivity contribution in [1.82, 2.24) is 0 Å². The molecule has 1 N–H and O–H groups in total. The first kappa shape index (κ1) is 12.8. The highest BCUT2D eigenvalue weighted by Gasteiger charge is 1.99. The van der Waals surface area contributed by atoms with Crippen LogP contribution in [0.15, 0.2) is 42.5 Å². The third kappa shape index (κ3) is 3.17. The normalized spacial score (nSPS) is 10.2. The molecular weight excluding hydrogens is 246 g/mol. The summed E-state index contributed by atoms with van der Waals surface area (Å²) >= 11 is 6.10. The summed E-state index contributed by atoms with van der Waals surface area (Å²) in [4.78, 5) is 0. The van der Waals surface area contributed by atoms with Gasteiger partial charge < -0.3 is 10.1 Å². The van der Waals surface area contributed by atoms with Crippen molar-refractivity contribution in [3.63, 3.8) is 0 Å². The van der Waals surface area contributed by atoms with Crippen molar-refractivity contribution in [2.45, 2.75) is 13.5 Å². The number of hydrogen-bond donors (Lipinski definition) is 1. The molecule has 0 saturated carbocycles. The van der Waals surface area contributed by atoms with E-state index in [0.717, 1.165) is 34.1 Å². The second-order valence-corrected chi connectivity index (χ2v) is 4.58. The molecular formula is C15H16ClNO. The fraction of sp³-hybridized carbons (Fsp3) is 0.200. The minimum absolute atomic E-state index is 0.743. The van der Waals surface area contributed by atoms with Crippen LogP contribution in [0.3, 0.4) is 0 Å². The zero-order valence-electron chi connectivity index (χ0n) is 10.5. The van der Waals surface area contributed by atoms with Crippen LogP contribution in [0.4, 0.5) is 5.69 Å². The van der Waals surface area contributed by atoms with Gasteiger partial charge in [-0.15, -0.1) is 0 Å². The summed E-state index contributed by atoms with van der Waals surface area (Å²) in [5.41, 5.74) is 3.29. The van der Waals surface area contributed by atoms with Crippen LogP contribution in [0.5, 0.6) is 5.75 Å². The van der Waals surface area contributed by atoms with E-state index in [4.69, 9.17) is 16.3 Å². The van der Waals surface area contributed by atoms with Crippen molar-refractivity contribution in [2.24, 2.45) is 0 Å². The molecule has 0 radical (unpaired) electrons. The highest BCUT2D eigenvalue weighted by molar-refractivity contribution is 6.31. The molecule has 0 aromatic heterocycles. The molecule has 2 rings (SSSR count). The Morgan fingerprint density at radius 3 is 2.72 bits per heavy atom. The van der Waals surface area contributed by atoms with E-state index in [0.29, 0.717) is 0 Å². The van der Waals surface area contributed by atoms with Gasteiger partial charge in [0.1, 0.15) is 5.75 Å². The largest absolute Gasteiger partial charge is 0.497 e. The quantitative estimate of drug-likeness (QED) is 0.888. The first-order valence-electron chi connectivity index (χ1n) is 5.82. The first-order chi connectivity index (χ1) is 8.69. The predicted octanol–water partition coefficient (Wildman–Crippen LogP) is 4.27. The Labute approximate surface area is 113 Å². The van der Waals surface area contributed by atoms with E-state index in [1.54, 1.807) is 7.11 Å². The third-order valence-corrected chi connectivity index (χ3v) is 3.21. The average Bonchev–Trinajstić information content (AvgIpc) is 2.40. The van der Waals surface area contributed by atoms with Gasteiger partial charge in [-0.2, -0.15) is 0 Å². The lowest BCUT2D eigenvalue weighted by Crippen LogP contribution is -1.99. The monoisotopic (exact) mass is 261 g/mol. The molecule has 0 amide bonds. The fourth-order valence-electron chi connectivity index (χ4n) is 1.68. The van der Waals surface area contributed by atoms with Crippen molar-refractivity contribution in [1.29, 1.82) is 0 Å². The van der Waals surface area contributed by atoms with Gasteiger partial charge in [0, 0.05) is 23.3 Å². The van der Waals surface area contributed by atoms with Gasteiger partial charge in [0.2, 0.25) is 0 Å². The highest BCUT2D eigenvalue weighted by Crippen LogP contribution is 2.20. The molecule has 0 spiro atoms. The van der Waals surface area contributed by atoms with E-state index in [2.05, 4.69) is 11.4 Å². The Morgan fingerprint density at radius 2 is 2.00 bits per heavy atom. The van der Waals surface area contributed by atoms with Crippen molar-refractivity contribution in [3.05, 3.63) is 58.6 Å². The molecule has 0 aliphatic rings. The van der Waals surface area contributed by atoms with E-state index in [1.807, 2.05) is 43.3 Å². The number of anilines is 1. The lowest BCUT2D eigenvalue weighted by Gasteiger charge is -2.09. The van der Waals surface area contributed by atoms with Gasteiger partial charge in [0.25, 0.3) is 0 Å². The molecule has 0 saturated heterocycles. The van der Waals surface area contributed by atoms with Gasteiger partial charge in [0.05, 0.1) is 7.11 Å². The summed E-state index contributed by atoms with van der Waals surface area (Å²) in [7, 11) is 1.67. The molecule has 0 aliphatic carbocycles. The van der Waals surface area contributed by atoms with Crippen molar-refractivity contribution in [2.75, 3.05) is 12.4 Å². The Hall–Kier alpha value is -1.67. The number of hydrogen-bond acceptors (Lipinski definition) is 2. The van der Waals surface area contributed by atoms with Gasteiger partial charge in [-0.3, -0.25) is 0 Å². The van der Waals surface area contributed by atoms with Gasteiger partial charge in [-0.25, -0.2) is 0 Å². The van der Waals surface area contributed by atoms with E-state index < -0.39 is 0 Å². The summed E-state index contributed by atoms with van der Waals surface area (Å²) in [6, 6.07) is 14.0. The van der Waals surface area contributed by atoms with Crippen LogP contribution >= 0.6 is 11.6 Å². The molecule has 0 fully saturated rings. The standard InChI is InChI=1S/C15H16ClNO/c1-11-6-7-12(8-15(11)16)10-17-13-4-3-5-14(9-13)18-2/h3-9,17H,10H2,1-2H3. The van der Waals surface area contributed by atoms with Gasteiger partial charge in [-0.1, -0.05) is 29.8 Å². The topological polar surface area (TPSA) is 21.3 Å². The van der Waals surface area contributed by atoms with Crippen molar-refractivity contribution in [3.8, 4) is 5.75 Å². The van der Waals surface area contributed by atoms with Crippen LogP contribution in [0.1, 0.15) is 11.1 Å². The Morgan fingerprint density at radius 1 is 1.17 bits per heavy atom. The van der Waals surface area contributed by atoms with Crippen molar-refractivity contribution < 1.29 is 4.74 Å². The minimum atomic E-state index is 0.743. The van der Waals surface area contributed by atoms with E-state index in [1.165, 1.54) is 0 Å². The number of aryl methyl sites for hydroxylation is 1. The highest BCUT2D eigenvalue weighted by atomic mass is 35.5. The molecule has 2 aromatic rings. The lowest BCUT2D eigenvalue weighted by atomic mass is 10.1. The molecule has 2 nitrogen and oxygen atoms in total. The Bertz CT molecular complexity index is 540. The zero-order chi connectivity index (χ0) is 13.0. The first-order valence-corrected chi connectivity index (χ1v) is 6.20. The number of methoxy groups -OCH3 is 1. The third-order valence-electron chi connectivity index (χ3n) is 2.80. The second kappa shape index (κ2) is 5.78. The summed E-state index contributed by atoms with van der Waals surface area (Å²) in [6.07, 6.45) is 0. The van der Waals surface area contributed by atoms with Gasteiger partial charge in [0.15, 0.2) is 0 Å². The van der Waals surface area contributed by atoms with Crippen molar-refractivity contribution >= 4 is 17.3 Å². The maximum Gasteiger partial charge on any atom is 0.120 e. The molecule has 18 heavy (non-hydrogen) atoms. The molecule has 0 aliphatic heterocycles. The summed E-state index contributed by atoms with van der Waals surface area (Å²) in [5, 5.41) is 4.15. The van der Waals surface area contributed by atoms with Crippen LogP contribution in [0.25, 0.3) is 0 Å². The average molecular weight is 262 g/mol. The van der Waals surface area contributed by atoms with Crippen LogP contribution in [-0.2, 0) is 6.54 Å². The molecule has 0 unspecified atom stereocenters. The molecule has 3 heteroatoms. The smallest absolute Gasteiger partial charge is 0.120 e. The predicted molar refractivity (Wildman–Crippen MR) is 76.5 cm³/mol. The van der Waals surface area contributed by atoms with E-state index >= 15 is 0 Å². The van der Waals surface area contributed by atoms with Crippen LogP contribution in [0.2, 0.25) is 5.02 Å². The fourth-order valence-corrected chi connectivity index (χ4v) is 1.89. The Balaban J connectivity index is 2.04. The number of ether oxygens (including phenoxy) is 1. The maximum absolute atomic E-state index is 6.10. The summed E-state index contributed by atoms with van der Waals surface area (Å²) in [6.45, 7) is 2.74. The van der Waals surface area contributed by atoms with Gasteiger partial charge in [-0.05, 0) is 36.2 Å². The number of rotatable bonds is 4. The summed E-state index contributed by atoms with van der Waals surface area (Å²) < 4.78 is 5.18. The van der Waals surface area contributed by atoms with Crippen LogP contribution in [0, 0.1) is 6.92 Å². The number of nitrogens with one attached hydrogen (secondary N) is 1. The molecule has 0 bridgehead atoms. The van der Waals surface area contributed by atoms with Crippen LogP contribution < -0.4 is 10.1 Å². The van der Waals surface area contributed by atoms with E-state index in [-0.39, 0.29) is 0 Å². The molecule has 94 valence electrons. The van der Waals surface area contributed by atoms with Gasteiger partial charge >= 0.3 is 0 Å². The minimum Gasteiger partial charge on any atom is -0.497 e. The molecule has 0 heterocycles. The SMILES string of the molecule is COc1cccc(NCc2ccc(C)c(Cl)c2)c1. The lowest BCUT2D eigenvalue weighted by molar-refractivity contribution is 0.415. The van der Waals surface area contributed by atoms with Crippen LogP contribution in [-0.4, -0.2) is 7.11 Å². The molecule has 0 atom stereocenters. The molecule has 2 aromatic carbocycles.